The number of aromatic nitrogens is 2. The van der Waals surface area contributed by atoms with Crippen LogP contribution in [0.15, 0.2) is 75.9 Å². The number of nitrogen functional groups attached to an aromatic ring is 2. The van der Waals surface area contributed by atoms with Gasteiger partial charge in [0, 0.05) is 17.2 Å². The predicted octanol–water partition coefficient (Wildman–Crippen LogP) is 4.16. The highest BCUT2D eigenvalue weighted by molar-refractivity contribution is 9.10. The van der Waals surface area contributed by atoms with Crippen molar-refractivity contribution in [2.45, 2.75) is 12.6 Å². The Kier molecular flexibility index (Phi) is 5.65. The number of hydrogen-bond acceptors (Lipinski definition) is 6. The molecule has 0 spiro atoms. The van der Waals surface area contributed by atoms with Crippen molar-refractivity contribution >= 4 is 33.2 Å². The van der Waals surface area contributed by atoms with Crippen molar-refractivity contribution in [2.24, 2.45) is 0 Å². The molecule has 9 heteroatoms. The maximum absolute atomic E-state index is 12.7. The largest absolute Gasteiger partial charge is 0.463 e. The number of amides is 1. The lowest BCUT2D eigenvalue weighted by atomic mass is 10.1. The van der Waals surface area contributed by atoms with E-state index in [0.717, 1.165) is 21.3 Å². The SMILES string of the molecule is Nc1ccc(CCN2C(=O)COC2c2cn(-c3ccc(Br)cc3)nc2-c2ccco2)cc1N. The molecule has 0 saturated carbocycles. The van der Waals surface area contributed by atoms with E-state index in [9.17, 15) is 4.79 Å². The molecule has 33 heavy (non-hydrogen) atoms. The van der Waals surface area contributed by atoms with Crippen LogP contribution < -0.4 is 11.5 Å². The van der Waals surface area contributed by atoms with Crippen molar-refractivity contribution < 1.29 is 13.9 Å². The topological polar surface area (TPSA) is 113 Å². The summed E-state index contributed by atoms with van der Waals surface area (Å²) >= 11 is 3.46. The fourth-order valence-corrected chi connectivity index (χ4v) is 4.15. The standard InChI is InChI=1S/C24H22BrN5O3/c25-16-4-6-17(7-5-16)30-13-18(23(28-30)21-2-1-11-32-21)24-29(22(31)14-33-24)10-9-15-3-8-19(26)20(27)12-15/h1-8,11-13,24H,9-10,14,26-27H2. The molecule has 1 unspecified atom stereocenters. The lowest BCUT2D eigenvalue weighted by Crippen LogP contribution is -2.30. The van der Waals surface area contributed by atoms with Crippen molar-refractivity contribution in [1.82, 2.24) is 14.7 Å². The number of rotatable bonds is 6. The zero-order valence-corrected chi connectivity index (χ0v) is 19.2. The van der Waals surface area contributed by atoms with Gasteiger partial charge in [-0.05, 0) is 60.5 Å². The molecular weight excluding hydrogens is 486 g/mol. The summed E-state index contributed by atoms with van der Waals surface area (Å²) in [6, 6.07) is 17.0. The second-order valence-electron chi connectivity index (χ2n) is 7.80. The zero-order chi connectivity index (χ0) is 22.9. The summed E-state index contributed by atoms with van der Waals surface area (Å²) in [5.74, 6) is 0.528. The first-order valence-electron chi connectivity index (χ1n) is 10.4. The molecule has 8 nitrogen and oxygen atoms in total. The fourth-order valence-electron chi connectivity index (χ4n) is 3.88. The van der Waals surface area contributed by atoms with E-state index in [1.54, 1.807) is 21.9 Å². The smallest absolute Gasteiger partial charge is 0.250 e. The van der Waals surface area contributed by atoms with Crippen LogP contribution in [0.4, 0.5) is 11.4 Å². The van der Waals surface area contributed by atoms with Crippen LogP contribution in [-0.2, 0) is 16.0 Å². The zero-order valence-electron chi connectivity index (χ0n) is 17.6. The van der Waals surface area contributed by atoms with Gasteiger partial charge < -0.3 is 25.5 Å². The van der Waals surface area contributed by atoms with E-state index in [2.05, 4.69) is 15.9 Å². The molecule has 1 saturated heterocycles. The van der Waals surface area contributed by atoms with Gasteiger partial charge in [-0.25, -0.2) is 4.68 Å². The van der Waals surface area contributed by atoms with Crippen LogP contribution in [0.3, 0.4) is 0 Å². The predicted molar refractivity (Wildman–Crippen MR) is 128 cm³/mol. The quantitative estimate of drug-likeness (QED) is 0.379. The molecule has 0 bridgehead atoms. The molecule has 0 aliphatic carbocycles. The highest BCUT2D eigenvalue weighted by Gasteiger charge is 2.36. The third-order valence-corrected chi connectivity index (χ3v) is 6.14. The number of benzene rings is 2. The lowest BCUT2D eigenvalue weighted by molar-refractivity contribution is -0.128. The second kappa shape index (κ2) is 8.76. The summed E-state index contributed by atoms with van der Waals surface area (Å²) < 4.78 is 14.3. The number of halogens is 1. The molecule has 5 rings (SSSR count). The number of hydrogen-bond donors (Lipinski definition) is 2. The lowest BCUT2D eigenvalue weighted by Gasteiger charge is -2.23. The number of nitrogens with two attached hydrogens (primary N) is 2. The molecule has 1 aliphatic rings. The van der Waals surface area contributed by atoms with Gasteiger partial charge in [0.05, 0.1) is 28.9 Å². The van der Waals surface area contributed by atoms with Gasteiger partial charge >= 0.3 is 0 Å². The average Bonchev–Trinajstić information content (AvgIpc) is 3.55. The first-order valence-corrected chi connectivity index (χ1v) is 11.2. The van der Waals surface area contributed by atoms with E-state index in [0.29, 0.717) is 35.8 Å². The molecule has 1 aliphatic heterocycles. The van der Waals surface area contributed by atoms with Gasteiger partial charge in [0.2, 0.25) is 0 Å². The highest BCUT2D eigenvalue weighted by atomic mass is 79.9. The Morgan fingerprint density at radius 1 is 1.09 bits per heavy atom. The third kappa shape index (κ3) is 4.24. The summed E-state index contributed by atoms with van der Waals surface area (Å²) in [6.45, 7) is 0.476. The highest BCUT2D eigenvalue weighted by Crippen LogP contribution is 2.35. The van der Waals surface area contributed by atoms with Crippen LogP contribution in [0.1, 0.15) is 17.4 Å². The summed E-state index contributed by atoms with van der Waals surface area (Å²) in [6.07, 6.45) is 3.53. The van der Waals surface area contributed by atoms with E-state index in [1.807, 2.05) is 54.7 Å². The fraction of sp³-hybridized carbons (Fsp3) is 0.167. The summed E-state index contributed by atoms with van der Waals surface area (Å²) in [5.41, 5.74) is 16.1. The molecule has 168 valence electrons. The minimum Gasteiger partial charge on any atom is -0.463 e. The number of carbonyl (C=O) groups excluding carboxylic acids is 1. The van der Waals surface area contributed by atoms with Crippen LogP contribution in [0.2, 0.25) is 0 Å². The minimum absolute atomic E-state index is 0.00953. The Labute approximate surface area is 198 Å². The molecule has 2 aromatic heterocycles. The Morgan fingerprint density at radius 2 is 1.91 bits per heavy atom. The Bertz CT molecular complexity index is 1280. The number of anilines is 2. The maximum Gasteiger partial charge on any atom is 0.250 e. The van der Waals surface area contributed by atoms with Gasteiger partial charge in [-0.15, -0.1) is 0 Å². The summed E-state index contributed by atoms with van der Waals surface area (Å²) in [4.78, 5) is 14.4. The van der Waals surface area contributed by atoms with E-state index in [-0.39, 0.29) is 12.5 Å². The summed E-state index contributed by atoms with van der Waals surface area (Å²) in [5, 5.41) is 4.76. The molecule has 4 aromatic rings. The monoisotopic (exact) mass is 507 g/mol. The molecule has 4 N–H and O–H groups in total. The molecule has 2 aromatic carbocycles. The van der Waals surface area contributed by atoms with Crippen LogP contribution in [0.5, 0.6) is 0 Å². The molecule has 3 heterocycles. The van der Waals surface area contributed by atoms with Crippen LogP contribution >= 0.6 is 15.9 Å². The van der Waals surface area contributed by atoms with Gasteiger partial charge in [0.25, 0.3) is 5.91 Å². The van der Waals surface area contributed by atoms with Gasteiger partial charge in [0.15, 0.2) is 12.0 Å². The molecular formula is C24H22BrN5O3. The Balaban J connectivity index is 1.47. The molecule has 0 radical (unpaired) electrons. The summed E-state index contributed by atoms with van der Waals surface area (Å²) in [7, 11) is 0. The first kappa shape index (κ1) is 21.3. The minimum atomic E-state index is -0.576. The van der Waals surface area contributed by atoms with Crippen molar-refractivity contribution in [3.05, 3.63) is 82.7 Å². The van der Waals surface area contributed by atoms with Crippen molar-refractivity contribution in [1.29, 1.82) is 0 Å². The Morgan fingerprint density at radius 3 is 2.64 bits per heavy atom. The molecule has 1 atom stereocenters. The van der Waals surface area contributed by atoms with E-state index >= 15 is 0 Å². The van der Waals surface area contributed by atoms with Crippen molar-refractivity contribution in [3.8, 4) is 17.1 Å². The van der Waals surface area contributed by atoms with Crippen molar-refractivity contribution in [3.63, 3.8) is 0 Å². The average molecular weight is 508 g/mol. The number of ether oxygens (including phenoxy) is 1. The number of nitrogens with zero attached hydrogens (tertiary/aromatic N) is 3. The third-order valence-electron chi connectivity index (χ3n) is 5.62. The number of furan rings is 1. The van der Waals surface area contributed by atoms with E-state index < -0.39 is 6.23 Å². The molecule has 1 fully saturated rings. The maximum atomic E-state index is 12.7. The van der Waals surface area contributed by atoms with Gasteiger partial charge in [-0.1, -0.05) is 22.0 Å². The van der Waals surface area contributed by atoms with E-state index in [1.165, 1.54) is 0 Å². The number of carbonyl (C=O) groups is 1. The van der Waals surface area contributed by atoms with Crippen molar-refractivity contribution in [2.75, 3.05) is 24.6 Å². The van der Waals surface area contributed by atoms with Crippen LogP contribution in [-0.4, -0.2) is 33.7 Å². The molecule has 1 amide bonds. The van der Waals surface area contributed by atoms with Gasteiger partial charge in [-0.3, -0.25) is 4.79 Å². The Hall–Kier alpha value is -3.56. The second-order valence-corrected chi connectivity index (χ2v) is 8.71. The van der Waals surface area contributed by atoms with Crippen LogP contribution in [0, 0.1) is 0 Å². The van der Waals surface area contributed by atoms with Gasteiger partial charge in [-0.2, -0.15) is 5.10 Å². The normalized spacial score (nSPS) is 16.0. The van der Waals surface area contributed by atoms with Gasteiger partial charge in [0.1, 0.15) is 12.3 Å². The van der Waals surface area contributed by atoms with Crippen LogP contribution in [0.25, 0.3) is 17.1 Å². The first-order chi connectivity index (χ1) is 16.0. The van der Waals surface area contributed by atoms with E-state index in [4.69, 9.17) is 25.7 Å².